The van der Waals surface area contributed by atoms with Crippen molar-refractivity contribution < 1.29 is 0 Å². The zero-order valence-electron chi connectivity index (χ0n) is 8.18. The van der Waals surface area contributed by atoms with E-state index in [0.29, 0.717) is 0 Å². The lowest BCUT2D eigenvalue weighted by molar-refractivity contribution is 0.650. The van der Waals surface area contributed by atoms with E-state index in [0.717, 1.165) is 23.9 Å². The molecule has 2 aliphatic heterocycles. The molecule has 0 amide bonds. The van der Waals surface area contributed by atoms with Crippen molar-refractivity contribution in [1.82, 2.24) is 4.90 Å². The number of anilines is 1. The fraction of sp³-hybridized carbons (Fsp3) is 0.182. The molecule has 1 aromatic carbocycles. The predicted octanol–water partition coefficient (Wildman–Crippen LogP) is 1.99. The summed E-state index contributed by atoms with van der Waals surface area (Å²) < 4.78 is 0. The van der Waals surface area contributed by atoms with Crippen molar-refractivity contribution in [3.05, 3.63) is 35.2 Å². The van der Waals surface area contributed by atoms with E-state index in [1.54, 1.807) is 11.8 Å². The zero-order valence-corrected chi connectivity index (χ0v) is 9.00. The van der Waals surface area contributed by atoms with Crippen LogP contribution in [0, 0.1) is 0 Å². The van der Waals surface area contributed by atoms with Crippen molar-refractivity contribution in [3.8, 4) is 0 Å². The van der Waals surface area contributed by atoms with Gasteiger partial charge in [0.1, 0.15) is 0 Å². The Morgan fingerprint density at radius 3 is 3.20 bits per heavy atom. The van der Waals surface area contributed by atoms with Crippen molar-refractivity contribution in [2.75, 3.05) is 18.8 Å². The third-order valence-corrected chi connectivity index (χ3v) is 3.45. The quantitative estimate of drug-likeness (QED) is 0.731. The average Bonchev–Trinajstić information content (AvgIpc) is 2.77. The van der Waals surface area contributed by atoms with Gasteiger partial charge in [-0.15, -0.1) is 0 Å². The van der Waals surface area contributed by atoms with Crippen LogP contribution in [0.3, 0.4) is 0 Å². The van der Waals surface area contributed by atoms with Crippen LogP contribution in [0.1, 0.15) is 5.56 Å². The minimum Gasteiger partial charge on any atom is -0.399 e. The average molecular weight is 217 g/mol. The smallest absolute Gasteiger partial charge is 0.168 e. The van der Waals surface area contributed by atoms with Gasteiger partial charge in [0.25, 0.3) is 0 Å². The lowest BCUT2D eigenvalue weighted by Gasteiger charge is -2.16. The molecule has 2 aliphatic rings. The van der Waals surface area contributed by atoms with Gasteiger partial charge in [-0.25, -0.2) is 0 Å². The molecule has 1 aromatic rings. The number of nitrogen functional groups attached to an aromatic ring is 1. The molecule has 0 unspecified atom stereocenters. The molecule has 0 spiro atoms. The molecule has 0 bridgehead atoms. The molecule has 0 atom stereocenters. The number of benzene rings is 1. The lowest BCUT2D eigenvalue weighted by Crippen LogP contribution is -2.19. The molecule has 3 nitrogen and oxygen atoms in total. The van der Waals surface area contributed by atoms with Crippen LogP contribution < -0.4 is 5.73 Å². The number of aliphatic imine (C=N–C) groups is 1. The number of rotatable bonds is 1. The monoisotopic (exact) mass is 217 g/mol. The summed E-state index contributed by atoms with van der Waals surface area (Å²) in [7, 11) is 0. The maximum Gasteiger partial charge on any atom is 0.168 e. The third-order valence-electron chi connectivity index (χ3n) is 2.55. The molecular formula is C11H11N3S. The van der Waals surface area contributed by atoms with E-state index in [1.165, 1.54) is 11.3 Å². The van der Waals surface area contributed by atoms with Crippen molar-refractivity contribution in [2.24, 2.45) is 4.99 Å². The second-order valence-electron chi connectivity index (χ2n) is 3.56. The Kier molecular flexibility index (Phi) is 1.95. The van der Waals surface area contributed by atoms with Crippen LogP contribution in [0.15, 0.2) is 34.7 Å². The molecule has 0 saturated heterocycles. The summed E-state index contributed by atoms with van der Waals surface area (Å²) in [4.78, 5) is 6.67. The summed E-state index contributed by atoms with van der Waals surface area (Å²) in [5, 5.41) is 3.26. The normalized spacial score (nSPS) is 18.8. The lowest BCUT2D eigenvalue weighted by atomic mass is 10.1. The number of fused-ring (bicyclic) bond motifs is 1. The Balaban J connectivity index is 1.99. The first kappa shape index (κ1) is 8.85. The first-order valence-electron chi connectivity index (χ1n) is 4.89. The van der Waals surface area contributed by atoms with Gasteiger partial charge in [0, 0.05) is 23.2 Å². The largest absolute Gasteiger partial charge is 0.399 e. The van der Waals surface area contributed by atoms with Crippen molar-refractivity contribution in [3.63, 3.8) is 0 Å². The van der Waals surface area contributed by atoms with Gasteiger partial charge < -0.3 is 10.6 Å². The highest BCUT2D eigenvalue weighted by Gasteiger charge is 2.26. The maximum absolute atomic E-state index is 5.78. The predicted molar refractivity (Wildman–Crippen MR) is 65.4 cm³/mol. The highest BCUT2D eigenvalue weighted by atomic mass is 32.2. The van der Waals surface area contributed by atoms with Gasteiger partial charge >= 0.3 is 0 Å². The number of nitrogens with two attached hydrogens (primary N) is 1. The molecule has 0 aromatic heterocycles. The molecule has 0 radical (unpaired) electrons. The van der Waals surface area contributed by atoms with E-state index in [-0.39, 0.29) is 0 Å². The van der Waals surface area contributed by atoms with Crippen LogP contribution in [0.2, 0.25) is 0 Å². The summed E-state index contributed by atoms with van der Waals surface area (Å²) >= 11 is 1.69. The van der Waals surface area contributed by atoms with E-state index < -0.39 is 0 Å². The maximum atomic E-state index is 5.78. The highest BCUT2D eigenvalue weighted by Crippen LogP contribution is 2.35. The van der Waals surface area contributed by atoms with Gasteiger partial charge in [-0.3, -0.25) is 4.99 Å². The van der Waals surface area contributed by atoms with Gasteiger partial charge in [0.2, 0.25) is 0 Å². The molecular weight excluding hydrogens is 206 g/mol. The zero-order chi connectivity index (χ0) is 10.3. The molecule has 0 saturated carbocycles. The molecule has 2 heterocycles. The van der Waals surface area contributed by atoms with E-state index in [4.69, 9.17) is 5.73 Å². The van der Waals surface area contributed by atoms with E-state index in [1.807, 2.05) is 18.2 Å². The Hall–Kier alpha value is -1.42. The molecule has 76 valence electrons. The van der Waals surface area contributed by atoms with Gasteiger partial charge in [0.05, 0.1) is 12.2 Å². The molecule has 0 aliphatic carbocycles. The number of hydrogen-bond acceptors (Lipinski definition) is 4. The Bertz CT molecular complexity index is 465. The molecule has 0 fully saturated rings. The summed E-state index contributed by atoms with van der Waals surface area (Å²) in [6, 6.07) is 7.99. The second kappa shape index (κ2) is 3.31. The number of hydrogen-bond donors (Lipinski definition) is 1. The summed E-state index contributed by atoms with van der Waals surface area (Å²) in [5.41, 5.74) is 8.99. The molecule has 2 N–H and O–H groups in total. The van der Waals surface area contributed by atoms with Crippen molar-refractivity contribution in [2.45, 2.75) is 0 Å². The molecule has 15 heavy (non-hydrogen) atoms. The summed E-state index contributed by atoms with van der Waals surface area (Å²) in [5.74, 6) is 0. The standard InChI is InChI=1S/C11H11N3S/c12-9-3-1-2-8(6-9)10-7-15-11-13-4-5-14(10)11/h1-3,6-7H,4-5,12H2. The van der Waals surface area contributed by atoms with Gasteiger partial charge in [0.15, 0.2) is 5.17 Å². The fourth-order valence-corrected chi connectivity index (χ4v) is 2.81. The Morgan fingerprint density at radius 2 is 2.33 bits per heavy atom. The minimum absolute atomic E-state index is 0.808. The van der Waals surface area contributed by atoms with E-state index >= 15 is 0 Å². The Morgan fingerprint density at radius 1 is 1.40 bits per heavy atom. The van der Waals surface area contributed by atoms with Gasteiger partial charge in [-0.05, 0) is 12.1 Å². The topological polar surface area (TPSA) is 41.6 Å². The van der Waals surface area contributed by atoms with Crippen LogP contribution in [0.4, 0.5) is 5.69 Å². The number of thioether (sulfide) groups is 1. The summed E-state index contributed by atoms with van der Waals surface area (Å²) in [6.45, 7) is 1.89. The van der Waals surface area contributed by atoms with Crippen LogP contribution >= 0.6 is 11.8 Å². The first-order chi connectivity index (χ1) is 7.34. The van der Waals surface area contributed by atoms with Crippen LogP contribution in [0.25, 0.3) is 5.70 Å². The number of nitrogens with zero attached hydrogens (tertiary/aromatic N) is 2. The number of amidine groups is 1. The van der Waals surface area contributed by atoms with E-state index in [2.05, 4.69) is 21.4 Å². The fourth-order valence-electron chi connectivity index (χ4n) is 1.85. The van der Waals surface area contributed by atoms with Crippen molar-refractivity contribution >= 4 is 28.3 Å². The highest BCUT2D eigenvalue weighted by molar-refractivity contribution is 8.16. The SMILES string of the molecule is Nc1cccc(C2=CSC3=NCCN23)c1. The Labute approximate surface area is 92.7 Å². The summed E-state index contributed by atoms with van der Waals surface area (Å²) in [6.07, 6.45) is 0. The second-order valence-corrected chi connectivity index (χ2v) is 4.40. The van der Waals surface area contributed by atoms with Gasteiger partial charge in [-0.2, -0.15) is 0 Å². The van der Waals surface area contributed by atoms with E-state index in [9.17, 15) is 0 Å². The molecule has 3 rings (SSSR count). The van der Waals surface area contributed by atoms with Crippen molar-refractivity contribution in [1.29, 1.82) is 0 Å². The molecule has 4 heteroatoms. The first-order valence-corrected chi connectivity index (χ1v) is 5.77. The van der Waals surface area contributed by atoms with Crippen LogP contribution in [0.5, 0.6) is 0 Å². The van der Waals surface area contributed by atoms with Gasteiger partial charge in [-0.1, -0.05) is 23.9 Å². The van der Waals surface area contributed by atoms with Crippen LogP contribution in [-0.2, 0) is 0 Å². The van der Waals surface area contributed by atoms with Crippen LogP contribution in [-0.4, -0.2) is 23.2 Å². The third kappa shape index (κ3) is 1.41. The minimum atomic E-state index is 0.808.